The van der Waals surface area contributed by atoms with Gasteiger partial charge in [-0.25, -0.2) is 0 Å². The lowest BCUT2D eigenvalue weighted by atomic mass is 10.0. The summed E-state index contributed by atoms with van der Waals surface area (Å²) >= 11 is 0. The topological polar surface area (TPSA) is 24.5 Å². The van der Waals surface area contributed by atoms with Gasteiger partial charge in [0.2, 0.25) is 0 Å². The van der Waals surface area contributed by atoms with Crippen molar-refractivity contribution in [3.05, 3.63) is 60.2 Å². The van der Waals surface area contributed by atoms with Gasteiger partial charge < -0.3 is 10.1 Å². The van der Waals surface area contributed by atoms with Gasteiger partial charge in [-0.2, -0.15) is 8.78 Å². The number of rotatable bonds is 6. The quantitative estimate of drug-likeness (QED) is 0.850. The van der Waals surface area contributed by atoms with Crippen LogP contribution in [0.2, 0.25) is 0 Å². The van der Waals surface area contributed by atoms with Crippen LogP contribution >= 0.6 is 0 Å². The van der Waals surface area contributed by atoms with Gasteiger partial charge in [0.15, 0.2) is 0 Å². The van der Waals surface area contributed by atoms with E-state index in [2.05, 4.69) is 39.2 Å². The van der Waals surface area contributed by atoms with E-state index in [1.54, 1.807) is 24.3 Å². The zero-order chi connectivity index (χ0) is 16.8. The Labute approximate surface area is 141 Å². The van der Waals surface area contributed by atoms with Crippen LogP contribution in [-0.4, -0.2) is 30.6 Å². The van der Waals surface area contributed by atoms with Gasteiger partial charge in [-0.1, -0.05) is 30.3 Å². The highest BCUT2D eigenvalue weighted by Gasteiger charge is 2.19. The van der Waals surface area contributed by atoms with Gasteiger partial charge in [-0.3, -0.25) is 4.90 Å². The molecule has 0 spiro atoms. The predicted molar refractivity (Wildman–Crippen MR) is 91.4 cm³/mol. The highest BCUT2D eigenvalue weighted by atomic mass is 19.3. The Bertz CT molecular complexity index is 611. The number of hydrogen-bond acceptors (Lipinski definition) is 3. The van der Waals surface area contributed by atoms with E-state index in [-0.39, 0.29) is 5.75 Å². The molecule has 0 unspecified atom stereocenters. The number of likely N-dealkylation sites (tertiary alicyclic amines) is 1. The predicted octanol–water partition coefficient (Wildman–Crippen LogP) is 4.36. The average molecular weight is 332 g/mol. The van der Waals surface area contributed by atoms with Crippen LogP contribution in [0.3, 0.4) is 0 Å². The number of hydrogen-bond donors (Lipinski definition) is 1. The summed E-state index contributed by atoms with van der Waals surface area (Å²) in [5.41, 5.74) is 2.29. The first-order valence-electron chi connectivity index (χ1n) is 8.27. The zero-order valence-corrected chi connectivity index (χ0v) is 13.5. The van der Waals surface area contributed by atoms with Gasteiger partial charge in [-0.15, -0.1) is 0 Å². The van der Waals surface area contributed by atoms with Crippen molar-refractivity contribution in [2.24, 2.45) is 0 Å². The molecule has 1 saturated heterocycles. The maximum Gasteiger partial charge on any atom is 0.387 e. The van der Waals surface area contributed by atoms with Crippen LogP contribution in [0.5, 0.6) is 5.75 Å². The molecule has 3 nitrogen and oxygen atoms in total. The lowest BCUT2D eigenvalue weighted by Gasteiger charge is -2.33. The molecule has 2 aromatic rings. The summed E-state index contributed by atoms with van der Waals surface area (Å²) in [6.07, 6.45) is 2.14. The maximum atomic E-state index is 12.1. The van der Waals surface area contributed by atoms with E-state index < -0.39 is 6.61 Å². The Morgan fingerprint density at radius 3 is 2.29 bits per heavy atom. The first-order chi connectivity index (χ1) is 11.7. The molecule has 1 fully saturated rings. The summed E-state index contributed by atoms with van der Waals surface area (Å²) < 4.78 is 28.7. The van der Waals surface area contributed by atoms with Gasteiger partial charge >= 0.3 is 6.61 Å². The summed E-state index contributed by atoms with van der Waals surface area (Å²) in [7, 11) is 0. The fourth-order valence-electron chi connectivity index (χ4n) is 3.05. The number of nitrogens with one attached hydrogen (secondary N) is 1. The van der Waals surface area contributed by atoms with Crippen molar-refractivity contribution in [1.82, 2.24) is 4.90 Å². The van der Waals surface area contributed by atoms with Crippen molar-refractivity contribution in [3.63, 3.8) is 0 Å². The molecule has 5 heteroatoms. The summed E-state index contributed by atoms with van der Waals surface area (Å²) in [6, 6.07) is 17.6. The molecular weight excluding hydrogens is 310 g/mol. The zero-order valence-electron chi connectivity index (χ0n) is 13.5. The fraction of sp³-hybridized carbons (Fsp3) is 0.368. The molecule has 3 rings (SSSR count). The smallest absolute Gasteiger partial charge is 0.387 e. The van der Waals surface area contributed by atoms with Gasteiger partial charge in [0.25, 0.3) is 0 Å². The number of benzene rings is 2. The Balaban J connectivity index is 1.45. The third kappa shape index (κ3) is 4.93. The summed E-state index contributed by atoms with van der Waals surface area (Å²) in [5, 5.41) is 3.48. The molecule has 0 aromatic heterocycles. The van der Waals surface area contributed by atoms with Crippen LogP contribution in [0, 0.1) is 0 Å². The minimum atomic E-state index is -2.78. The highest BCUT2D eigenvalue weighted by molar-refractivity contribution is 5.47. The maximum absolute atomic E-state index is 12.1. The number of alkyl halides is 2. The van der Waals surface area contributed by atoms with E-state index in [1.807, 2.05) is 6.07 Å². The second kappa shape index (κ2) is 8.11. The lowest BCUT2D eigenvalue weighted by Crippen LogP contribution is -2.38. The van der Waals surface area contributed by atoms with Crippen molar-refractivity contribution in [3.8, 4) is 5.75 Å². The van der Waals surface area contributed by atoms with Crippen LogP contribution in [0.25, 0.3) is 0 Å². The number of halogens is 2. The first-order valence-corrected chi connectivity index (χ1v) is 8.27. The number of anilines is 1. The standard InChI is InChI=1S/C19H22F2N2O/c20-19(21)24-18-8-6-16(7-9-18)22-17-10-12-23(13-11-17)14-15-4-2-1-3-5-15/h1-9,17,19,22H,10-14H2. The Morgan fingerprint density at radius 1 is 1.00 bits per heavy atom. The van der Waals surface area contributed by atoms with Crippen LogP contribution in [0.15, 0.2) is 54.6 Å². The van der Waals surface area contributed by atoms with Gasteiger partial charge in [0.05, 0.1) is 0 Å². The van der Waals surface area contributed by atoms with Crippen LogP contribution in [0.1, 0.15) is 18.4 Å². The first kappa shape index (κ1) is 16.7. The van der Waals surface area contributed by atoms with Crippen molar-refractivity contribution in [2.75, 3.05) is 18.4 Å². The average Bonchev–Trinajstić information content (AvgIpc) is 2.59. The molecule has 0 amide bonds. The minimum absolute atomic E-state index is 0.188. The van der Waals surface area contributed by atoms with Crippen molar-refractivity contribution in [2.45, 2.75) is 32.0 Å². The van der Waals surface area contributed by atoms with E-state index in [0.717, 1.165) is 38.2 Å². The molecule has 24 heavy (non-hydrogen) atoms. The van der Waals surface area contributed by atoms with Gasteiger partial charge in [-0.05, 0) is 42.7 Å². The van der Waals surface area contributed by atoms with Crippen molar-refractivity contribution < 1.29 is 13.5 Å². The second-order valence-corrected chi connectivity index (χ2v) is 6.08. The molecule has 1 N–H and O–H groups in total. The number of nitrogens with zero attached hydrogens (tertiary/aromatic N) is 1. The van der Waals surface area contributed by atoms with E-state index >= 15 is 0 Å². The largest absolute Gasteiger partial charge is 0.435 e. The molecule has 0 saturated carbocycles. The summed E-state index contributed by atoms with van der Waals surface area (Å²) in [6.45, 7) is 0.323. The molecule has 128 valence electrons. The van der Waals surface area contributed by atoms with E-state index in [4.69, 9.17) is 0 Å². The molecule has 1 aliphatic rings. The number of ether oxygens (including phenoxy) is 1. The second-order valence-electron chi connectivity index (χ2n) is 6.08. The lowest BCUT2D eigenvalue weighted by molar-refractivity contribution is -0.0498. The summed E-state index contributed by atoms with van der Waals surface area (Å²) in [4.78, 5) is 2.47. The van der Waals surface area contributed by atoms with Gasteiger partial charge in [0, 0.05) is 31.4 Å². The Kier molecular flexibility index (Phi) is 5.64. The number of piperidine rings is 1. The normalized spacial score (nSPS) is 16.3. The fourth-order valence-corrected chi connectivity index (χ4v) is 3.05. The SMILES string of the molecule is FC(F)Oc1ccc(NC2CCN(Cc3ccccc3)CC2)cc1. The third-order valence-corrected chi connectivity index (χ3v) is 4.29. The highest BCUT2D eigenvalue weighted by Crippen LogP contribution is 2.21. The van der Waals surface area contributed by atoms with Crippen LogP contribution < -0.4 is 10.1 Å². The Hall–Kier alpha value is -2.14. The molecule has 0 atom stereocenters. The van der Waals surface area contributed by atoms with Gasteiger partial charge in [0.1, 0.15) is 5.75 Å². The Morgan fingerprint density at radius 2 is 1.67 bits per heavy atom. The van der Waals surface area contributed by atoms with E-state index in [9.17, 15) is 8.78 Å². The third-order valence-electron chi connectivity index (χ3n) is 4.29. The molecule has 0 radical (unpaired) electrons. The van der Waals surface area contributed by atoms with Crippen LogP contribution in [0.4, 0.5) is 14.5 Å². The van der Waals surface area contributed by atoms with E-state index in [0.29, 0.717) is 6.04 Å². The summed E-state index contributed by atoms with van der Waals surface area (Å²) in [5.74, 6) is 0.188. The molecular formula is C19H22F2N2O. The minimum Gasteiger partial charge on any atom is -0.435 e. The molecule has 1 aliphatic heterocycles. The van der Waals surface area contributed by atoms with E-state index in [1.165, 1.54) is 5.56 Å². The molecule has 0 aliphatic carbocycles. The van der Waals surface area contributed by atoms with Crippen molar-refractivity contribution in [1.29, 1.82) is 0 Å². The van der Waals surface area contributed by atoms with Crippen molar-refractivity contribution >= 4 is 5.69 Å². The molecule has 0 bridgehead atoms. The monoisotopic (exact) mass is 332 g/mol. The molecule has 1 heterocycles. The molecule has 2 aromatic carbocycles. The van der Waals surface area contributed by atoms with Crippen LogP contribution in [-0.2, 0) is 6.54 Å².